The fraction of sp³-hybridized carbons (Fsp3) is 0.250. The minimum absolute atomic E-state index is 0.265. The average molecular weight is 274 g/mol. The Bertz CT molecular complexity index is 586. The van der Waals surface area contributed by atoms with Crippen LogP contribution in [0.2, 0.25) is 0 Å². The van der Waals surface area contributed by atoms with Crippen LogP contribution in [0.15, 0.2) is 42.5 Å². The molecule has 0 aliphatic rings. The highest BCUT2D eigenvalue weighted by Crippen LogP contribution is 2.22. The van der Waals surface area contributed by atoms with Crippen molar-refractivity contribution in [2.24, 2.45) is 0 Å². The van der Waals surface area contributed by atoms with E-state index in [1.54, 1.807) is 6.07 Å². The smallest absolute Gasteiger partial charge is 0.165 e. The predicted molar refractivity (Wildman–Crippen MR) is 80.5 cm³/mol. The minimum atomic E-state index is -0.339. The maximum atomic E-state index is 13.7. The molecule has 0 amide bonds. The zero-order valence-corrected chi connectivity index (χ0v) is 11.8. The number of nitrogens with zero attached hydrogens (tertiary/aromatic N) is 1. The molecule has 2 rings (SSSR count). The number of nitrogen functional groups attached to an aromatic ring is 1. The van der Waals surface area contributed by atoms with Crippen LogP contribution in [-0.2, 0) is 6.54 Å². The van der Waals surface area contributed by atoms with Crippen LogP contribution in [0.1, 0.15) is 12.5 Å². The van der Waals surface area contributed by atoms with Crippen molar-refractivity contribution in [1.29, 1.82) is 0 Å². The van der Waals surface area contributed by atoms with Crippen molar-refractivity contribution in [2.75, 3.05) is 24.3 Å². The monoisotopic (exact) mass is 274 g/mol. The first kappa shape index (κ1) is 14.2. The quantitative estimate of drug-likeness (QED) is 0.849. The third-order valence-corrected chi connectivity index (χ3v) is 3.21. The molecule has 0 saturated carbocycles. The van der Waals surface area contributed by atoms with E-state index in [-0.39, 0.29) is 11.6 Å². The Hall–Kier alpha value is -2.23. The van der Waals surface area contributed by atoms with Crippen LogP contribution in [0.25, 0.3) is 0 Å². The van der Waals surface area contributed by atoms with Crippen LogP contribution in [0, 0.1) is 5.82 Å². The van der Waals surface area contributed by atoms with Gasteiger partial charge < -0.3 is 15.4 Å². The van der Waals surface area contributed by atoms with Gasteiger partial charge in [0.25, 0.3) is 0 Å². The molecule has 2 aromatic carbocycles. The summed E-state index contributed by atoms with van der Waals surface area (Å²) >= 11 is 0. The van der Waals surface area contributed by atoms with Gasteiger partial charge in [0.15, 0.2) is 11.6 Å². The van der Waals surface area contributed by atoms with Gasteiger partial charge in [0, 0.05) is 24.5 Å². The molecule has 0 aliphatic carbocycles. The van der Waals surface area contributed by atoms with E-state index in [4.69, 9.17) is 10.5 Å². The second-order valence-corrected chi connectivity index (χ2v) is 4.58. The van der Waals surface area contributed by atoms with Gasteiger partial charge in [0.2, 0.25) is 0 Å². The highest BCUT2D eigenvalue weighted by atomic mass is 19.1. The van der Waals surface area contributed by atoms with Gasteiger partial charge in [-0.05, 0) is 42.8 Å². The number of benzene rings is 2. The van der Waals surface area contributed by atoms with Crippen LogP contribution < -0.4 is 15.4 Å². The summed E-state index contributed by atoms with van der Waals surface area (Å²) < 4.78 is 18.6. The summed E-state index contributed by atoms with van der Waals surface area (Å²) in [5.41, 5.74) is 8.45. The molecule has 4 heteroatoms. The Balaban J connectivity index is 2.20. The molecule has 0 atom stereocenters. The highest BCUT2D eigenvalue weighted by molar-refractivity contribution is 5.56. The van der Waals surface area contributed by atoms with Gasteiger partial charge in [-0.1, -0.05) is 12.1 Å². The molecule has 0 bridgehead atoms. The van der Waals surface area contributed by atoms with Gasteiger partial charge in [-0.15, -0.1) is 0 Å². The molecular weight excluding hydrogens is 255 g/mol. The first-order chi connectivity index (χ1) is 9.63. The summed E-state index contributed by atoms with van der Waals surface area (Å²) in [6, 6.07) is 12.7. The Morgan fingerprint density at radius 1 is 1.20 bits per heavy atom. The predicted octanol–water partition coefficient (Wildman–Crippen LogP) is 3.44. The highest BCUT2D eigenvalue weighted by Gasteiger charge is 2.08. The lowest BCUT2D eigenvalue weighted by Gasteiger charge is -2.23. The maximum absolute atomic E-state index is 13.7. The molecule has 2 N–H and O–H groups in total. The van der Waals surface area contributed by atoms with E-state index >= 15 is 0 Å². The largest absolute Gasteiger partial charge is 0.494 e. The number of hydrogen-bond acceptors (Lipinski definition) is 3. The first-order valence-corrected chi connectivity index (χ1v) is 6.57. The van der Waals surface area contributed by atoms with Crippen molar-refractivity contribution in [3.05, 3.63) is 53.8 Å². The molecule has 0 aliphatic heterocycles. The Morgan fingerprint density at radius 2 is 2.00 bits per heavy atom. The van der Waals surface area contributed by atoms with Gasteiger partial charge in [-0.2, -0.15) is 0 Å². The second kappa shape index (κ2) is 6.28. The van der Waals surface area contributed by atoms with Crippen LogP contribution >= 0.6 is 0 Å². The van der Waals surface area contributed by atoms with Crippen LogP contribution in [0.4, 0.5) is 15.8 Å². The Morgan fingerprint density at radius 3 is 2.60 bits per heavy atom. The molecule has 0 heterocycles. The molecular formula is C16H19FN2O. The average Bonchev–Trinajstić information content (AvgIpc) is 2.45. The van der Waals surface area contributed by atoms with E-state index in [1.807, 2.05) is 30.3 Å². The van der Waals surface area contributed by atoms with Gasteiger partial charge >= 0.3 is 0 Å². The van der Waals surface area contributed by atoms with E-state index in [0.717, 1.165) is 23.5 Å². The molecule has 0 radical (unpaired) electrons. The Labute approximate surface area is 118 Å². The van der Waals surface area contributed by atoms with Crippen molar-refractivity contribution in [3.63, 3.8) is 0 Å². The molecule has 0 spiro atoms. The molecule has 106 valence electrons. The summed E-state index contributed by atoms with van der Waals surface area (Å²) in [5, 5.41) is 0. The standard InChI is InChI=1S/C16H19FN2O/c1-3-19(14-6-4-5-13(18)10-14)11-12-7-8-16(20-2)15(17)9-12/h4-10H,3,11,18H2,1-2H3. The zero-order valence-electron chi connectivity index (χ0n) is 11.8. The maximum Gasteiger partial charge on any atom is 0.165 e. The lowest BCUT2D eigenvalue weighted by molar-refractivity contribution is 0.386. The van der Waals surface area contributed by atoms with E-state index in [2.05, 4.69) is 11.8 Å². The van der Waals surface area contributed by atoms with Crippen LogP contribution in [0.5, 0.6) is 5.75 Å². The zero-order chi connectivity index (χ0) is 14.5. The third kappa shape index (κ3) is 3.20. The van der Waals surface area contributed by atoms with Crippen LogP contribution in [0.3, 0.4) is 0 Å². The third-order valence-electron chi connectivity index (χ3n) is 3.21. The number of ether oxygens (including phenoxy) is 1. The molecule has 0 saturated heterocycles. The van der Waals surface area contributed by atoms with E-state index in [0.29, 0.717) is 6.54 Å². The fourth-order valence-corrected chi connectivity index (χ4v) is 2.14. The van der Waals surface area contributed by atoms with E-state index < -0.39 is 0 Å². The van der Waals surface area contributed by atoms with E-state index in [9.17, 15) is 4.39 Å². The molecule has 20 heavy (non-hydrogen) atoms. The normalized spacial score (nSPS) is 10.3. The van der Waals surface area contributed by atoms with Gasteiger partial charge in [0.1, 0.15) is 0 Å². The van der Waals surface area contributed by atoms with Crippen molar-refractivity contribution >= 4 is 11.4 Å². The SMILES string of the molecule is CCN(Cc1ccc(OC)c(F)c1)c1cccc(N)c1. The molecule has 3 nitrogen and oxygen atoms in total. The number of halogens is 1. The van der Waals surface area contributed by atoms with Gasteiger partial charge in [-0.25, -0.2) is 4.39 Å². The number of rotatable bonds is 5. The summed E-state index contributed by atoms with van der Waals surface area (Å²) in [4.78, 5) is 2.14. The van der Waals surface area contributed by atoms with E-state index in [1.165, 1.54) is 13.2 Å². The lowest BCUT2D eigenvalue weighted by atomic mass is 10.1. The second-order valence-electron chi connectivity index (χ2n) is 4.58. The van der Waals surface area contributed by atoms with Gasteiger partial charge in [-0.3, -0.25) is 0 Å². The van der Waals surface area contributed by atoms with Crippen molar-refractivity contribution in [3.8, 4) is 5.75 Å². The van der Waals surface area contributed by atoms with Gasteiger partial charge in [0.05, 0.1) is 7.11 Å². The van der Waals surface area contributed by atoms with Crippen molar-refractivity contribution < 1.29 is 9.13 Å². The number of methoxy groups -OCH3 is 1. The van der Waals surface area contributed by atoms with Crippen molar-refractivity contribution in [2.45, 2.75) is 13.5 Å². The molecule has 0 aromatic heterocycles. The fourth-order valence-electron chi connectivity index (χ4n) is 2.14. The summed E-state index contributed by atoms with van der Waals surface area (Å²) in [6.07, 6.45) is 0. The molecule has 0 fully saturated rings. The number of nitrogens with two attached hydrogens (primary N) is 1. The Kier molecular flexibility index (Phi) is 4.45. The summed E-state index contributed by atoms with van der Waals surface area (Å²) in [6.45, 7) is 3.50. The lowest BCUT2D eigenvalue weighted by Crippen LogP contribution is -2.22. The summed E-state index contributed by atoms with van der Waals surface area (Å²) in [7, 11) is 1.46. The topological polar surface area (TPSA) is 38.5 Å². The molecule has 2 aromatic rings. The summed E-state index contributed by atoms with van der Waals surface area (Å²) in [5.74, 6) is -0.0746. The first-order valence-electron chi connectivity index (χ1n) is 6.57. The minimum Gasteiger partial charge on any atom is -0.494 e. The molecule has 0 unspecified atom stereocenters. The van der Waals surface area contributed by atoms with Crippen molar-refractivity contribution in [1.82, 2.24) is 0 Å². The number of hydrogen-bond donors (Lipinski definition) is 1. The number of anilines is 2. The van der Waals surface area contributed by atoms with Crippen LogP contribution in [-0.4, -0.2) is 13.7 Å².